The Kier molecular flexibility index (Phi) is 2.88. The van der Waals surface area contributed by atoms with E-state index in [-0.39, 0.29) is 5.54 Å². The Morgan fingerprint density at radius 1 is 1.12 bits per heavy atom. The average Bonchev–Trinajstić information content (AvgIpc) is 2.78. The zero-order valence-electron chi connectivity index (χ0n) is 10.6. The molecule has 1 heterocycles. The fraction of sp³-hybridized carbons (Fsp3) is 0.385. The molecule has 0 aliphatic rings. The van der Waals surface area contributed by atoms with E-state index in [9.17, 15) is 0 Å². The molecule has 0 fully saturated rings. The number of hydrogen-bond acceptors (Lipinski definition) is 3. The molecule has 0 spiro atoms. The van der Waals surface area contributed by atoms with Crippen molar-refractivity contribution in [3.05, 3.63) is 30.5 Å². The van der Waals surface area contributed by atoms with Crippen LogP contribution in [0.5, 0.6) is 5.75 Å². The van der Waals surface area contributed by atoms with Crippen LogP contribution in [0.4, 0.5) is 0 Å². The highest BCUT2D eigenvalue weighted by atomic mass is 16.5. The van der Waals surface area contributed by atoms with Gasteiger partial charge in [-0.3, -0.25) is 0 Å². The summed E-state index contributed by atoms with van der Waals surface area (Å²) in [5.41, 5.74) is 1.88. The van der Waals surface area contributed by atoms with Gasteiger partial charge in [-0.2, -0.15) is 0 Å². The van der Waals surface area contributed by atoms with Gasteiger partial charge in [0.1, 0.15) is 11.4 Å². The van der Waals surface area contributed by atoms with Crippen molar-refractivity contribution in [3.63, 3.8) is 0 Å². The highest BCUT2D eigenvalue weighted by molar-refractivity contribution is 5.58. The minimum atomic E-state index is -0.0439. The first-order valence-electron chi connectivity index (χ1n) is 5.58. The van der Waals surface area contributed by atoms with Gasteiger partial charge in [-0.15, -0.1) is 5.10 Å². The lowest BCUT2D eigenvalue weighted by Crippen LogP contribution is -2.22. The maximum absolute atomic E-state index is 5.12. The van der Waals surface area contributed by atoms with E-state index in [0.29, 0.717) is 0 Å². The number of rotatable bonds is 2. The second-order valence-electron chi connectivity index (χ2n) is 4.95. The monoisotopic (exact) mass is 231 g/mol. The maximum atomic E-state index is 5.12. The van der Waals surface area contributed by atoms with Crippen LogP contribution in [0, 0.1) is 0 Å². The SMILES string of the molecule is COc1ccc(-c2cn(C(C)(C)C)nn2)cc1. The van der Waals surface area contributed by atoms with E-state index in [1.165, 1.54) is 0 Å². The zero-order chi connectivity index (χ0) is 12.5. The summed E-state index contributed by atoms with van der Waals surface area (Å²) in [6, 6.07) is 7.81. The lowest BCUT2D eigenvalue weighted by Gasteiger charge is -2.17. The van der Waals surface area contributed by atoms with Gasteiger partial charge in [0, 0.05) is 5.56 Å². The van der Waals surface area contributed by atoms with Crippen molar-refractivity contribution in [1.82, 2.24) is 15.0 Å². The van der Waals surface area contributed by atoms with Crippen LogP contribution in [-0.2, 0) is 5.54 Å². The fourth-order valence-corrected chi connectivity index (χ4v) is 1.49. The van der Waals surface area contributed by atoms with E-state index in [0.717, 1.165) is 17.0 Å². The standard InChI is InChI=1S/C13H17N3O/c1-13(2,3)16-9-12(14-15-16)10-5-7-11(17-4)8-6-10/h5-9H,1-4H3. The number of methoxy groups -OCH3 is 1. The summed E-state index contributed by atoms with van der Waals surface area (Å²) in [7, 11) is 1.66. The third-order valence-electron chi connectivity index (χ3n) is 2.57. The largest absolute Gasteiger partial charge is 0.497 e. The molecule has 0 saturated heterocycles. The van der Waals surface area contributed by atoms with Gasteiger partial charge in [0.25, 0.3) is 0 Å². The number of benzene rings is 1. The van der Waals surface area contributed by atoms with Gasteiger partial charge in [0.05, 0.1) is 18.8 Å². The molecule has 0 saturated carbocycles. The van der Waals surface area contributed by atoms with Crippen LogP contribution in [0.3, 0.4) is 0 Å². The Morgan fingerprint density at radius 3 is 2.24 bits per heavy atom. The first kappa shape index (κ1) is 11.6. The van der Waals surface area contributed by atoms with Crippen LogP contribution in [0.15, 0.2) is 30.5 Å². The smallest absolute Gasteiger partial charge is 0.118 e. The summed E-state index contributed by atoms with van der Waals surface area (Å²) in [5, 5.41) is 8.32. The van der Waals surface area contributed by atoms with E-state index in [1.54, 1.807) is 7.11 Å². The van der Waals surface area contributed by atoms with Gasteiger partial charge >= 0.3 is 0 Å². The molecule has 90 valence electrons. The number of aromatic nitrogens is 3. The van der Waals surface area contributed by atoms with E-state index >= 15 is 0 Å². The van der Waals surface area contributed by atoms with Crippen molar-refractivity contribution in [2.24, 2.45) is 0 Å². The maximum Gasteiger partial charge on any atom is 0.118 e. The molecule has 1 aromatic heterocycles. The molecule has 17 heavy (non-hydrogen) atoms. The lowest BCUT2D eigenvalue weighted by molar-refractivity contribution is 0.347. The summed E-state index contributed by atoms with van der Waals surface area (Å²) < 4.78 is 6.99. The molecule has 0 amide bonds. The van der Waals surface area contributed by atoms with Crippen LogP contribution in [0.25, 0.3) is 11.3 Å². The van der Waals surface area contributed by atoms with Crippen molar-refractivity contribution in [2.75, 3.05) is 7.11 Å². The fourth-order valence-electron chi connectivity index (χ4n) is 1.49. The lowest BCUT2D eigenvalue weighted by atomic mass is 10.1. The Morgan fingerprint density at radius 2 is 1.76 bits per heavy atom. The van der Waals surface area contributed by atoms with Crippen LogP contribution >= 0.6 is 0 Å². The van der Waals surface area contributed by atoms with Crippen LogP contribution in [0.1, 0.15) is 20.8 Å². The Hall–Kier alpha value is -1.84. The van der Waals surface area contributed by atoms with Crippen LogP contribution in [0.2, 0.25) is 0 Å². The van der Waals surface area contributed by atoms with Crippen LogP contribution in [-0.4, -0.2) is 22.1 Å². The third-order valence-corrected chi connectivity index (χ3v) is 2.57. The van der Waals surface area contributed by atoms with Crippen molar-refractivity contribution in [1.29, 1.82) is 0 Å². The minimum absolute atomic E-state index is 0.0439. The molecule has 0 N–H and O–H groups in total. The summed E-state index contributed by atoms with van der Waals surface area (Å²) in [5.74, 6) is 0.844. The number of ether oxygens (including phenoxy) is 1. The quantitative estimate of drug-likeness (QED) is 0.797. The Bertz CT molecular complexity index is 494. The second kappa shape index (κ2) is 4.20. The topological polar surface area (TPSA) is 39.9 Å². The number of hydrogen-bond donors (Lipinski definition) is 0. The van der Waals surface area contributed by atoms with Crippen molar-refractivity contribution >= 4 is 0 Å². The molecule has 4 nitrogen and oxygen atoms in total. The first-order chi connectivity index (χ1) is 8.00. The van der Waals surface area contributed by atoms with Gasteiger partial charge in [-0.25, -0.2) is 4.68 Å². The normalized spacial score (nSPS) is 11.5. The molecule has 0 radical (unpaired) electrons. The summed E-state index contributed by atoms with van der Waals surface area (Å²) in [6.45, 7) is 6.29. The summed E-state index contributed by atoms with van der Waals surface area (Å²) >= 11 is 0. The average molecular weight is 231 g/mol. The molecule has 1 aromatic carbocycles. The van der Waals surface area contributed by atoms with Crippen molar-refractivity contribution < 1.29 is 4.74 Å². The van der Waals surface area contributed by atoms with Gasteiger partial charge in [-0.05, 0) is 45.0 Å². The first-order valence-corrected chi connectivity index (χ1v) is 5.58. The molecule has 0 bridgehead atoms. The highest BCUT2D eigenvalue weighted by Crippen LogP contribution is 2.22. The van der Waals surface area contributed by atoms with Crippen molar-refractivity contribution in [2.45, 2.75) is 26.3 Å². The van der Waals surface area contributed by atoms with Crippen LogP contribution < -0.4 is 4.74 Å². The van der Waals surface area contributed by atoms with Gasteiger partial charge < -0.3 is 4.74 Å². The number of nitrogens with zero attached hydrogens (tertiary/aromatic N) is 3. The molecular weight excluding hydrogens is 214 g/mol. The van der Waals surface area contributed by atoms with Gasteiger partial charge in [0.2, 0.25) is 0 Å². The molecule has 0 aliphatic heterocycles. The molecule has 0 aliphatic carbocycles. The Balaban J connectivity index is 2.30. The van der Waals surface area contributed by atoms with Crippen molar-refractivity contribution in [3.8, 4) is 17.0 Å². The molecular formula is C13H17N3O. The highest BCUT2D eigenvalue weighted by Gasteiger charge is 2.15. The molecule has 4 heteroatoms. The van der Waals surface area contributed by atoms with E-state index in [4.69, 9.17) is 4.74 Å². The summed E-state index contributed by atoms with van der Waals surface area (Å²) in [4.78, 5) is 0. The minimum Gasteiger partial charge on any atom is -0.497 e. The van der Waals surface area contributed by atoms with Gasteiger partial charge in [0.15, 0.2) is 0 Å². The van der Waals surface area contributed by atoms with E-state index in [2.05, 4.69) is 31.1 Å². The summed E-state index contributed by atoms with van der Waals surface area (Å²) in [6.07, 6.45) is 1.96. The molecule has 0 unspecified atom stereocenters. The zero-order valence-corrected chi connectivity index (χ0v) is 10.6. The van der Waals surface area contributed by atoms with E-state index < -0.39 is 0 Å². The molecule has 2 aromatic rings. The third kappa shape index (κ3) is 2.46. The Labute approximate surface area is 101 Å². The second-order valence-corrected chi connectivity index (χ2v) is 4.95. The predicted molar refractivity (Wildman–Crippen MR) is 67.0 cm³/mol. The van der Waals surface area contributed by atoms with Gasteiger partial charge in [-0.1, -0.05) is 5.21 Å². The molecule has 2 rings (SSSR count). The predicted octanol–water partition coefficient (Wildman–Crippen LogP) is 2.71. The van der Waals surface area contributed by atoms with E-state index in [1.807, 2.05) is 35.1 Å². The molecule has 0 atom stereocenters.